The molecular weight excluding hydrogens is 366 g/mol. The standard InChI is InChI=1S/C18H13F4N3O2/c19-13-4-6-14(7-5-13)23-15(26)8-9-16-24-25-17(27-16)11-2-1-3-12(10-11)18(20,21)22/h1-7,10H,8-9H2,(H,23,26). The Bertz CT molecular complexity index is 936. The number of carbonyl (C=O) groups is 1. The lowest BCUT2D eigenvalue weighted by Crippen LogP contribution is -2.12. The van der Waals surface area contributed by atoms with Crippen LogP contribution in [0.3, 0.4) is 0 Å². The first-order valence-electron chi connectivity index (χ1n) is 7.87. The van der Waals surface area contributed by atoms with E-state index in [2.05, 4.69) is 15.5 Å². The molecule has 1 amide bonds. The minimum absolute atomic E-state index is 0.0155. The number of amides is 1. The van der Waals surface area contributed by atoms with Crippen LogP contribution in [0.4, 0.5) is 23.2 Å². The van der Waals surface area contributed by atoms with E-state index in [4.69, 9.17) is 4.42 Å². The molecule has 140 valence electrons. The Kier molecular flexibility index (Phi) is 5.20. The van der Waals surface area contributed by atoms with Crippen LogP contribution in [-0.2, 0) is 17.4 Å². The summed E-state index contributed by atoms with van der Waals surface area (Å²) in [7, 11) is 0. The minimum atomic E-state index is -4.47. The molecule has 0 saturated carbocycles. The summed E-state index contributed by atoms with van der Waals surface area (Å²) in [5.74, 6) is -0.701. The zero-order valence-corrected chi connectivity index (χ0v) is 13.8. The number of carbonyl (C=O) groups excluding carboxylic acids is 1. The van der Waals surface area contributed by atoms with Gasteiger partial charge in [-0.1, -0.05) is 6.07 Å². The summed E-state index contributed by atoms with van der Waals surface area (Å²) in [6.45, 7) is 0. The number of hydrogen-bond donors (Lipinski definition) is 1. The van der Waals surface area contributed by atoms with Crippen LogP contribution in [0.5, 0.6) is 0 Å². The van der Waals surface area contributed by atoms with E-state index in [9.17, 15) is 22.4 Å². The Hall–Kier alpha value is -3.23. The molecule has 0 atom stereocenters. The molecule has 0 saturated heterocycles. The number of halogens is 4. The van der Waals surface area contributed by atoms with Gasteiger partial charge in [0.15, 0.2) is 0 Å². The van der Waals surface area contributed by atoms with E-state index >= 15 is 0 Å². The third kappa shape index (κ3) is 4.90. The van der Waals surface area contributed by atoms with Crippen molar-refractivity contribution in [3.63, 3.8) is 0 Å². The molecule has 5 nitrogen and oxygen atoms in total. The van der Waals surface area contributed by atoms with Gasteiger partial charge in [0.2, 0.25) is 17.7 Å². The predicted molar refractivity (Wildman–Crippen MR) is 88.1 cm³/mol. The summed E-state index contributed by atoms with van der Waals surface area (Å²) >= 11 is 0. The number of aryl methyl sites for hydroxylation is 1. The Balaban J connectivity index is 1.61. The molecule has 9 heteroatoms. The summed E-state index contributed by atoms with van der Waals surface area (Å²) in [6, 6.07) is 9.81. The first-order valence-corrected chi connectivity index (χ1v) is 7.87. The number of benzene rings is 2. The largest absolute Gasteiger partial charge is 0.421 e. The number of rotatable bonds is 5. The van der Waals surface area contributed by atoms with Gasteiger partial charge in [-0.05, 0) is 42.5 Å². The molecule has 0 spiro atoms. The third-order valence-corrected chi connectivity index (χ3v) is 3.60. The van der Waals surface area contributed by atoms with Crippen LogP contribution in [0, 0.1) is 5.82 Å². The van der Waals surface area contributed by atoms with Gasteiger partial charge in [0.25, 0.3) is 0 Å². The molecule has 0 aliphatic heterocycles. The van der Waals surface area contributed by atoms with Crippen LogP contribution in [0.1, 0.15) is 17.9 Å². The highest BCUT2D eigenvalue weighted by Gasteiger charge is 2.30. The van der Waals surface area contributed by atoms with Crippen LogP contribution < -0.4 is 5.32 Å². The van der Waals surface area contributed by atoms with Gasteiger partial charge in [0.05, 0.1) is 5.56 Å². The fraction of sp³-hybridized carbons (Fsp3) is 0.167. The third-order valence-electron chi connectivity index (χ3n) is 3.60. The van der Waals surface area contributed by atoms with Gasteiger partial charge in [0, 0.05) is 24.1 Å². The second-order valence-corrected chi connectivity index (χ2v) is 5.63. The molecule has 1 aromatic heterocycles. The minimum Gasteiger partial charge on any atom is -0.421 e. The molecule has 2 aromatic carbocycles. The molecule has 3 rings (SSSR count). The average Bonchev–Trinajstić information content (AvgIpc) is 3.10. The highest BCUT2D eigenvalue weighted by atomic mass is 19.4. The maximum atomic E-state index is 12.8. The topological polar surface area (TPSA) is 68.0 Å². The predicted octanol–water partition coefficient (Wildman–Crippen LogP) is 4.47. The zero-order valence-electron chi connectivity index (χ0n) is 13.8. The van der Waals surface area contributed by atoms with Crippen molar-refractivity contribution in [2.75, 3.05) is 5.32 Å². The highest BCUT2D eigenvalue weighted by molar-refractivity contribution is 5.90. The molecule has 1 heterocycles. The van der Waals surface area contributed by atoms with Gasteiger partial charge in [-0.2, -0.15) is 13.2 Å². The lowest BCUT2D eigenvalue weighted by Gasteiger charge is -2.06. The van der Waals surface area contributed by atoms with Crippen molar-refractivity contribution in [3.8, 4) is 11.5 Å². The smallest absolute Gasteiger partial charge is 0.416 e. The lowest BCUT2D eigenvalue weighted by atomic mass is 10.1. The molecule has 3 aromatic rings. The molecule has 1 N–H and O–H groups in total. The van der Waals surface area contributed by atoms with E-state index in [1.165, 1.54) is 36.4 Å². The van der Waals surface area contributed by atoms with Crippen molar-refractivity contribution in [2.45, 2.75) is 19.0 Å². The summed E-state index contributed by atoms with van der Waals surface area (Å²) in [5.41, 5.74) is -0.241. The van der Waals surface area contributed by atoms with Crippen molar-refractivity contribution < 1.29 is 26.8 Å². The molecule has 0 fully saturated rings. The van der Waals surface area contributed by atoms with Crippen LogP contribution in [0.25, 0.3) is 11.5 Å². The normalized spacial score (nSPS) is 11.4. The van der Waals surface area contributed by atoms with E-state index in [1.807, 2.05) is 0 Å². The molecule has 0 unspecified atom stereocenters. The second kappa shape index (κ2) is 7.56. The first-order chi connectivity index (χ1) is 12.8. The Morgan fingerprint density at radius 1 is 1.07 bits per heavy atom. The van der Waals surface area contributed by atoms with Gasteiger partial charge in [-0.25, -0.2) is 4.39 Å². The molecule has 0 aliphatic carbocycles. The maximum absolute atomic E-state index is 12.8. The van der Waals surface area contributed by atoms with Crippen LogP contribution >= 0.6 is 0 Å². The SMILES string of the molecule is O=C(CCc1nnc(-c2cccc(C(F)(F)F)c2)o1)Nc1ccc(F)cc1. The number of nitrogens with zero attached hydrogens (tertiary/aromatic N) is 2. The lowest BCUT2D eigenvalue weighted by molar-refractivity contribution is -0.137. The fourth-order valence-electron chi connectivity index (χ4n) is 2.28. The van der Waals surface area contributed by atoms with Crippen molar-refractivity contribution >= 4 is 11.6 Å². The van der Waals surface area contributed by atoms with Gasteiger partial charge in [-0.3, -0.25) is 4.79 Å². The van der Waals surface area contributed by atoms with E-state index in [0.717, 1.165) is 12.1 Å². The van der Waals surface area contributed by atoms with Crippen LogP contribution in [-0.4, -0.2) is 16.1 Å². The van der Waals surface area contributed by atoms with E-state index < -0.39 is 17.6 Å². The molecule has 0 aliphatic rings. The highest BCUT2D eigenvalue weighted by Crippen LogP contribution is 2.31. The monoisotopic (exact) mass is 379 g/mol. The zero-order chi connectivity index (χ0) is 19.4. The van der Waals surface area contributed by atoms with Crippen molar-refractivity contribution in [2.24, 2.45) is 0 Å². The summed E-state index contributed by atoms with van der Waals surface area (Å²) < 4.78 is 56.5. The van der Waals surface area contributed by atoms with Crippen LogP contribution in [0.15, 0.2) is 52.9 Å². The van der Waals surface area contributed by atoms with Gasteiger partial charge < -0.3 is 9.73 Å². The quantitative estimate of drug-likeness (QED) is 0.665. The summed E-state index contributed by atoms with van der Waals surface area (Å²) in [4.78, 5) is 11.9. The van der Waals surface area contributed by atoms with Crippen molar-refractivity contribution in [1.29, 1.82) is 0 Å². The molecule has 27 heavy (non-hydrogen) atoms. The summed E-state index contributed by atoms with van der Waals surface area (Å²) in [5, 5.41) is 10.1. The number of alkyl halides is 3. The number of aromatic nitrogens is 2. The Morgan fingerprint density at radius 3 is 2.52 bits per heavy atom. The Morgan fingerprint density at radius 2 is 1.81 bits per heavy atom. The first kappa shape index (κ1) is 18.6. The number of nitrogens with one attached hydrogen (secondary N) is 1. The van der Waals surface area contributed by atoms with Gasteiger partial charge in [0.1, 0.15) is 5.82 Å². The second-order valence-electron chi connectivity index (χ2n) is 5.63. The van der Waals surface area contributed by atoms with Crippen molar-refractivity contribution in [3.05, 3.63) is 65.8 Å². The summed E-state index contributed by atoms with van der Waals surface area (Å²) in [6.07, 6.45) is -4.35. The van der Waals surface area contributed by atoms with Crippen molar-refractivity contribution in [1.82, 2.24) is 10.2 Å². The number of anilines is 1. The van der Waals surface area contributed by atoms with Gasteiger partial charge in [-0.15, -0.1) is 10.2 Å². The average molecular weight is 379 g/mol. The van der Waals surface area contributed by atoms with E-state index in [0.29, 0.717) is 5.69 Å². The maximum Gasteiger partial charge on any atom is 0.416 e. The molecule has 0 bridgehead atoms. The Labute approximate surface area is 151 Å². The van der Waals surface area contributed by atoms with Gasteiger partial charge >= 0.3 is 6.18 Å². The number of hydrogen-bond acceptors (Lipinski definition) is 4. The fourth-order valence-corrected chi connectivity index (χ4v) is 2.28. The van der Waals surface area contributed by atoms with E-state index in [-0.39, 0.29) is 36.1 Å². The molecular formula is C18H13F4N3O2. The van der Waals surface area contributed by atoms with E-state index in [1.54, 1.807) is 0 Å². The molecule has 0 radical (unpaired) electrons. The van der Waals surface area contributed by atoms with Crippen LogP contribution in [0.2, 0.25) is 0 Å².